The molecule has 0 saturated carbocycles. The number of hydrogen-bond acceptors (Lipinski definition) is 3. The van der Waals surface area contributed by atoms with Gasteiger partial charge in [0, 0.05) is 22.2 Å². The number of hydroxylamine groups is 2. The van der Waals surface area contributed by atoms with Crippen LogP contribution in [0.2, 0.25) is 0 Å². The summed E-state index contributed by atoms with van der Waals surface area (Å²) in [4.78, 5) is 22.7. The summed E-state index contributed by atoms with van der Waals surface area (Å²) in [5, 5.41) is 2.15. The number of hydrogen-bond donors (Lipinski definition) is 0. The maximum Gasteiger partial charge on any atom is 0.258 e. The third-order valence-corrected chi connectivity index (χ3v) is 7.41. The van der Waals surface area contributed by atoms with Crippen LogP contribution in [0.25, 0.3) is 0 Å². The minimum absolute atomic E-state index is 0.101. The first-order valence-electron chi connectivity index (χ1n) is 12.4. The maximum absolute atomic E-state index is 13.9. The molecule has 1 saturated heterocycles. The summed E-state index contributed by atoms with van der Waals surface area (Å²) in [6.07, 6.45) is 2.76. The first-order chi connectivity index (χ1) is 16.7. The van der Waals surface area contributed by atoms with Gasteiger partial charge in [0.1, 0.15) is 11.9 Å². The Balaban J connectivity index is 1.64. The summed E-state index contributed by atoms with van der Waals surface area (Å²) in [7, 11) is 0. The van der Waals surface area contributed by atoms with Crippen LogP contribution < -0.4 is 4.90 Å². The quantitative estimate of drug-likeness (QED) is 0.401. The highest BCUT2D eigenvalue weighted by molar-refractivity contribution is 6.08. The second kappa shape index (κ2) is 8.89. The molecule has 3 aromatic rings. The van der Waals surface area contributed by atoms with Crippen LogP contribution in [0.3, 0.4) is 0 Å². The molecule has 2 atom stereocenters. The lowest BCUT2D eigenvalue weighted by atomic mass is 9.82. The Morgan fingerprint density at radius 1 is 0.857 bits per heavy atom. The molecule has 35 heavy (non-hydrogen) atoms. The third-order valence-electron chi connectivity index (χ3n) is 7.41. The van der Waals surface area contributed by atoms with Gasteiger partial charge < -0.3 is 0 Å². The SMILES string of the molecule is CC1(C)CCCC(C)(C)N1O[C@@H]1c2ccccc2N(C(=O)c2ccccc2)[C@H]1c1ccc(F)cc1. The van der Waals surface area contributed by atoms with E-state index >= 15 is 0 Å². The van der Waals surface area contributed by atoms with Crippen molar-refractivity contribution in [2.75, 3.05) is 4.90 Å². The minimum atomic E-state index is -0.436. The van der Waals surface area contributed by atoms with Crippen molar-refractivity contribution >= 4 is 11.6 Å². The summed E-state index contributed by atoms with van der Waals surface area (Å²) < 4.78 is 13.9. The lowest BCUT2D eigenvalue weighted by Crippen LogP contribution is -2.58. The Morgan fingerprint density at radius 2 is 1.46 bits per heavy atom. The van der Waals surface area contributed by atoms with Crippen LogP contribution in [-0.4, -0.2) is 22.0 Å². The van der Waals surface area contributed by atoms with Crippen molar-refractivity contribution in [3.8, 4) is 0 Å². The number of halogens is 1. The van der Waals surface area contributed by atoms with Crippen LogP contribution in [0, 0.1) is 5.82 Å². The summed E-state index contributed by atoms with van der Waals surface area (Å²) in [6, 6.07) is 23.3. The van der Waals surface area contributed by atoms with Gasteiger partial charge in [0.25, 0.3) is 5.91 Å². The van der Waals surface area contributed by atoms with Crippen molar-refractivity contribution in [1.82, 2.24) is 5.06 Å². The van der Waals surface area contributed by atoms with E-state index in [-0.39, 0.29) is 22.8 Å². The number of piperidine rings is 1. The van der Waals surface area contributed by atoms with E-state index < -0.39 is 12.1 Å². The number of benzene rings is 3. The van der Waals surface area contributed by atoms with Crippen molar-refractivity contribution in [3.05, 3.63) is 101 Å². The fourth-order valence-electron chi connectivity index (χ4n) is 5.83. The maximum atomic E-state index is 13.9. The Morgan fingerprint density at radius 3 is 2.11 bits per heavy atom. The standard InChI is InChI=1S/C30H33FN2O2/c1-29(2)19-10-20-30(3,4)33(29)35-27-24-13-8-9-14-25(24)32(28(34)22-11-6-5-7-12-22)26(27)21-15-17-23(31)18-16-21/h5-9,11-18,26-27H,10,19-20H2,1-4H3/t26-,27+/m0/s1. The number of carbonyl (C=O) groups is 1. The predicted molar refractivity (Wildman–Crippen MR) is 137 cm³/mol. The van der Waals surface area contributed by atoms with Crippen molar-refractivity contribution in [1.29, 1.82) is 0 Å². The normalized spacial score (nSPS) is 23.2. The van der Waals surface area contributed by atoms with E-state index in [1.165, 1.54) is 12.1 Å². The second-order valence-corrected chi connectivity index (χ2v) is 10.9. The van der Waals surface area contributed by atoms with Gasteiger partial charge in [0.15, 0.2) is 0 Å². The van der Waals surface area contributed by atoms with E-state index in [1.807, 2.05) is 59.5 Å². The molecule has 182 valence electrons. The van der Waals surface area contributed by atoms with E-state index in [4.69, 9.17) is 4.84 Å². The summed E-state index contributed by atoms with van der Waals surface area (Å²) in [5.74, 6) is -0.406. The minimum Gasteiger partial charge on any atom is -0.297 e. The molecule has 0 radical (unpaired) electrons. The predicted octanol–water partition coefficient (Wildman–Crippen LogP) is 7.24. The van der Waals surface area contributed by atoms with Crippen LogP contribution >= 0.6 is 0 Å². The number of nitrogens with zero attached hydrogens (tertiary/aromatic N) is 2. The zero-order valence-corrected chi connectivity index (χ0v) is 20.9. The smallest absolute Gasteiger partial charge is 0.258 e. The molecular formula is C30H33FN2O2. The molecule has 0 aliphatic carbocycles. The molecule has 5 heteroatoms. The molecule has 0 bridgehead atoms. The number of para-hydroxylation sites is 1. The number of fused-ring (bicyclic) bond motifs is 1. The number of anilines is 1. The topological polar surface area (TPSA) is 32.8 Å². The zero-order valence-electron chi connectivity index (χ0n) is 20.9. The molecule has 0 N–H and O–H groups in total. The Hall–Kier alpha value is -3.02. The lowest BCUT2D eigenvalue weighted by molar-refractivity contribution is -0.309. The summed E-state index contributed by atoms with van der Waals surface area (Å²) in [6.45, 7) is 8.87. The molecular weight excluding hydrogens is 439 g/mol. The highest BCUT2D eigenvalue weighted by Gasteiger charge is 2.49. The first-order valence-corrected chi connectivity index (χ1v) is 12.4. The van der Waals surface area contributed by atoms with Gasteiger partial charge in [-0.2, -0.15) is 5.06 Å². The Bertz CT molecular complexity index is 1190. The molecule has 2 aliphatic rings. The third kappa shape index (κ3) is 4.28. The molecule has 5 rings (SSSR count). The van der Waals surface area contributed by atoms with Gasteiger partial charge in [-0.05, 0) is 82.9 Å². The molecule has 0 unspecified atom stereocenters. The largest absolute Gasteiger partial charge is 0.297 e. The van der Waals surface area contributed by atoms with Gasteiger partial charge in [-0.25, -0.2) is 4.39 Å². The molecule has 4 nitrogen and oxygen atoms in total. The van der Waals surface area contributed by atoms with Crippen LogP contribution in [-0.2, 0) is 4.84 Å². The Labute approximate surface area is 207 Å². The molecule has 2 aliphatic heterocycles. The van der Waals surface area contributed by atoms with Crippen LogP contribution in [0.5, 0.6) is 0 Å². The highest BCUT2D eigenvalue weighted by atomic mass is 19.1. The van der Waals surface area contributed by atoms with Crippen molar-refractivity contribution < 1.29 is 14.0 Å². The average Bonchev–Trinajstić information content (AvgIpc) is 3.16. The highest BCUT2D eigenvalue weighted by Crippen LogP contribution is 2.52. The lowest BCUT2D eigenvalue weighted by Gasteiger charge is -2.52. The molecule has 1 amide bonds. The van der Waals surface area contributed by atoms with Gasteiger partial charge in [-0.15, -0.1) is 0 Å². The molecule has 2 heterocycles. The molecule has 0 aromatic heterocycles. The second-order valence-electron chi connectivity index (χ2n) is 10.9. The first kappa shape index (κ1) is 23.7. The fraction of sp³-hybridized carbons (Fsp3) is 0.367. The van der Waals surface area contributed by atoms with Crippen LogP contribution in [0.15, 0.2) is 78.9 Å². The van der Waals surface area contributed by atoms with E-state index in [0.717, 1.165) is 36.1 Å². The van der Waals surface area contributed by atoms with Gasteiger partial charge in [-0.3, -0.25) is 14.5 Å². The Kier molecular flexibility index (Phi) is 6.02. The molecule has 0 spiro atoms. The molecule has 3 aromatic carbocycles. The van der Waals surface area contributed by atoms with Crippen molar-refractivity contribution in [2.45, 2.75) is 70.2 Å². The van der Waals surface area contributed by atoms with Gasteiger partial charge in [0.05, 0.1) is 11.7 Å². The van der Waals surface area contributed by atoms with Crippen molar-refractivity contribution in [3.63, 3.8) is 0 Å². The van der Waals surface area contributed by atoms with Crippen LogP contribution in [0.1, 0.15) is 80.6 Å². The summed E-state index contributed by atoms with van der Waals surface area (Å²) in [5.41, 5.74) is 2.90. The fourth-order valence-corrected chi connectivity index (χ4v) is 5.83. The zero-order chi connectivity index (χ0) is 24.8. The van der Waals surface area contributed by atoms with E-state index in [0.29, 0.717) is 5.56 Å². The van der Waals surface area contributed by atoms with Crippen LogP contribution in [0.4, 0.5) is 10.1 Å². The van der Waals surface area contributed by atoms with E-state index in [1.54, 1.807) is 12.1 Å². The van der Waals surface area contributed by atoms with Gasteiger partial charge >= 0.3 is 0 Å². The number of rotatable bonds is 4. The van der Waals surface area contributed by atoms with Gasteiger partial charge in [0.2, 0.25) is 0 Å². The van der Waals surface area contributed by atoms with E-state index in [9.17, 15) is 9.18 Å². The monoisotopic (exact) mass is 472 g/mol. The summed E-state index contributed by atoms with van der Waals surface area (Å²) >= 11 is 0. The van der Waals surface area contributed by atoms with E-state index in [2.05, 4.69) is 32.8 Å². The van der Waals surface area contributed by atoms with Gasteiger partial charge in [-0.1, -0.05) is 48.5 Å². The van der Waals surface area contributed by atoms with Crippen molar-refractivity contribution in [2.24, 2.45) is 0 Å². The average molecular weight is 473 g/mol. The number of amides is 1. The number of carbonyl (C=O) groups excluding carboxylic acids is 1. The molecule has 1 fully saturated rings.